The van der Waals surface area contributed by atoms with Gasteiger partial charge in [0, 0.05) is 31.4 Å². The van der Waals surface area contributed by atoms with Crippen LogP contribution in [0.15, 0.2) is 42.2 Å². The summed E-state index contributed by atoms with van der Waals surface area (Å²) in [5.74, 6) is 1.86. The van der Waals surface area contributed by atoms with Gasteiger partial charge in [-0.1, -0.05) is 32.9 Å². The Morgan fingerprint density at radius 2 is 2.11 bits per heavy atom. The fraction of sp³-hybridized carbons (Fsp3) is 0.357. The van der Waals surface area contributed by atoms with Crippen molar-refractivity contribution in [2.75, 3.05) is 25.9 Å². The van der Waals surface area contributed by atoms with Crippen LogP contribution in [0.4, 0.5) is 5.82 Å². The van der Waals surface area contributed by atoms with Crippen molar-refractivity contribution in [1.29, 1.82) is 5.26 Å². The van der Waals surface area contributed by atoms with Crippen molar-refractivity contribution in [3.05, 3.63) is 53.6 Å². The zero-order valence-electron chi connectivity index (χ0n) is 21.7. The van der Waals surface area contributed by atoms with Crippen LogP contribution in [0.2, 0.25) is 0 Å². The lowest BCUT2D eigenvalue weighted by atomic mass is 9.93. The molecule has 190 valence electrons. The molecule has 0 aliphatic carbocycles. The second-order valence-corrected chi connectivity index (χ2v) is 11.7. The topological polar surface area (TPSA) is 110 Å². The first-order chi connectivity index (χ1) is 17.6. The van der Waals surface area contributed by atoms with Gasteiger partial charge in [0.15, 0.2) is 0 Å². The molecule has 1 amide bonds. The van der Waals surface area contributed by atoms with Crippen LogP contribution in [-0.4, -0.2) is 45.4 Å². The highest BCUT2D eigenvalue weighted by Gasteiger charge is 2.33. The molecule has 0 radical (unpaired) electrons. The predicted molar refractivity (Wildman–Crippen MR) is 147 cm³/mol. The van der Waals surface area contributed by atoms with Crippen LogP contribution in [0.1, 0.15) is 44.5 Å². The van der Waals surface area contributed by atoms with Crippen molar-refractivity contribution in [1.82, 2.24) is 19.3 Å². The molecule has 4 aromatic rings. The maximum Gasteiger partial charge on any atom is 0.264 e. The Morgan fingerprint density at radius 3 is 2.81 bits per heavy atom. The molecule has 0 unspecified atom stereocenters. The van der Waals surface area contributed by atoms with Gasteiger partial charge in [-0.05, 0) is 41.8 Å². The summed E-state index contributed by atoms with van der Waals surface area (Å²) < 4.78 is 8.69. The minimum atomic E-state index is -0.260. The molecule has 0 saturated carbocycles. The van der Waals surface area contributed by atoms with Gasteiger partial charge < -0.3 is 15.4 Å². The van der Waals surface area contributed by atoms with E-state index in [0.717, 1.165) is 49.7 Å². The van der Waals surface area contributed by atoms with E-state index in [1.54, 1.807) is 35.6 Å². The number of thiophene rings is 1. The summed E-state index contributed by atoms with van der Waals surface area (Å²) >= 11 is 1.62. The number of hydrogen-bond acceptors (Lipinski definition) is 7. The first-order valence-electron chi connectivity index (χ1n) is 12.2. The molecule has 1 aliphatic heterocycles. The van der Waals surface area contributed by atoms with E-state index in [4.69, 9.17) is 15.5 Å². The second kappa shape index (κ2) is 9.20. The van der Waals surface area contributed by atoms with E-state index in [1.165, 1.54) is 0 Å². The zero-order valence-corrected chi connectivity index (χ0v) is 22.5. The Hall–Kier alpha value is -3.90. The third-order valence-corrected chi connectivity index (χ3v) is 7.73. The van der Waals surface area contributed by atoms with Crippen molar-refractivity contribution in [3.63, 3.8) is 0 Å². The van der Waals surface area contributed by atoms with E-state index in [9.17, 15) is 10.1 Å². The largest absolute Gasteiger partial charge is 0.495 e. The van der Waals surface area contributed by atoms with Crippen molar-refractivity contribution >= 4 is 38.7 Å². The SMILES string of the molecule is COc1cc(C)cc2cc(-c3nc([C@H]4CCN(C(=O)/C(C#N)=C/C(C)(C)C)C4)n4ccnc(N)c34)sc12. The third-order valence-electron chi connectivity index (χ3n) is 6.56. The number of imidazole rings is 1. The predicted octanol–water partition coefficient (Wildman–Crippen LogP) is 5.32. The maximum atomic E-state index is 13.1. The number of methoxy groups -OCH3 is 1. The Morgan fingerprint density at radius 1 is 1.32 bits per heavy atom. The van der Waals surface area contributed by atoms with E-state index in [-0.39, 0.29) is 22.8 Å². The van der Waals surface area contributed by atoms with Gasteiger partial charge in [-0.15, -0.1) is 11.3 Å². The van der Waals surface area contributed by atoms with Crippen molar-refractivity contribution in [2.45, 2.75) is 40.0 Å². The molecule has 3 aromatic heterocycles. The van der Waals surface area contributed by atoms with Crippen LogP contribution < -0.4 is 10.5 Å². The molecule has 0 bridgehead atoms. The van der Waals surface area contributed by atoms with Crippen LogP contribution >= 0.6 is 11.3 Å². The highest BCUT2D eigenvalue weighted by molar-refractivity contribution is 7.22. The molecule has 8 nitrogen and oxygen atoms in total. The second-order valence-electron chi connectivity index (χ2n) is 10.6. The zero-order chi connectivity index (χ0) is 26.5. The highest BCUT2D eigenvalue weighted by Crippen LogP contribution is 2.42. The van der Waals surface area contributed by atoms with Gasteiger partial charge in [0.1, 0.15) is 40.2 Å². The van der Waals surface area contributed by atoms with E-state index in [2.05, 4.69) is 23.2 Å². The van der Waals surface area contributed by atoms with Gasteiger partial charge >= 0.3 is 0 Å². The number of benzene rings is 1. The number of aryl methyl sites for hydroxylation is 1. The lowest BCUT2D eigenvalue weighted by molar-refractivity contribution is -0.125. The summed E-state index contributed by atoms with van der Waals surface area (Å²) in [6, 6.07) is 8.38. The summed E-state index contributed by atoms with van der Waals surface area (Å²) in [5.41, 5.74) is 8.96. The number of fused-ring (bicyclic) bond motifs is 2. The van der Waals surface area contributed by atoms with Crippen molar-refractivity contribution in [2.24, 2.45) is 5.41 Å². The van der Waals surface area contributed by atoms with Gasteiger partial charge in [-0.3, -0.25) is 9.20 Å². The minimum Gasteiger partial charge on any atom is -0.495 e. The number of amides is 1. The highest BCUT2D eigenvalue weighted by atomic mass is 32.1. The molecule has 5 rings (SSSR count). The molecule has 1 fully saturated rings. The average molecular weight is 515 g/mol. The summed E-state index contributed by atoms with van der Waals surface area (Å²) in [6.07, 6.45) is 6.04. The van der Waals surface area contributed by atoms with Gasteiger partial charge in [0.25, 0.3) is 5.91 Å². The van der Waals surface area contributed by atoms with Crippen molar-refractivity contribution < 1.29 is 9.53 Å². The third kappa shape index (κ3) is 4.53. The monoisotopic (exact) mass is 514 g/mol. The van der Waals surface area contributed by atoms with Gasteiger partial charge in [-0.25, -0.2) is 9.97 Å². The van der Waals surface area contributed by atoms with Gasteiger partial charge in [-0.2, -0.15) is 5.26 Å². The number of allylic oxidation sites excluding steroid dienone is 1. The number of rotatable bonds is 4. The lowest BCUT2D eigenvalue weighted by Gasteiger charge is -2.18. The molecule has 1 aromatic carbocycles. The maximum absolute atomic E-state index is 13.1. The molecule has 37 heavy (non-hydrogen) atoms. The Labute approximate surface area is 220 Å². The molecule has 9 heteroatoms. The fourth-order valence-corrected chi connectivity index (χ4v) is 6.10. The number of hydrogen-bond donors (Lipinski definition) is 1. The number of nitrogens with two attached hydrogens (primary N) is 1. The van der Waals surface area contributed by atoms with Crippen LogP contribution in [-0.2, 0) is 4.79 Å². The number of nitrogens with zero attached hydrogens (tertiary/aromatic N) is 5. The summed E-state index contributed by atoms with van der Waals surface area (Å²) in [7, 11) is 1.68. The smallest absolute Gasteiger partial charge is 0.264 e. The Kier molecular flexibility index (Phi) is 6.16. The van der Waals surface area contributed by atoms with Gasteiger partial charge in [0.2, 0.25) is 0 Å². The molecule has 4 heterocycles. The molecule has 0 spiro atoms. The van der Waals surface area contributed by atoms with E-state index in [1.807, 2.05) is 44.4 Å². The summed E-state index contributed by atoms with van der Waals surface area (Å²) in [4.78, 5) is 25.3. The Bertz CT molecular complexity index is 1600. The van der Waals surface area contributed by atoms with E-state index >= 15 is 0 Å². The first kappa shape index (κ1) is 24.8. The number of aromatic nitrogens is 3. The standard InChI is InChI=1S/C28H30N6O2S/c1-16-10-18-12-21(37-24(18)20(11-16)36-5)22-23-25(30)31-7-9-34(23)26(32-22)17-6-8-33(15-17)27(35)19(14-29)13-28(2,3)4/h7,9-13,17H,6,8,15H2,1-5H3,(H2,30,31)/b19-13+/t17-/m0/s1. The normalized spacial score (nSPS) is 16.5. The summed E-state index contributed by atoms with van der Waals surface area (Å²) in [5, 5.41) is 10.7. The number of likely N-dealkylation sites (tertiary alicyclic amines) is 1. The number of anilines is 1. The minimum absolute atomic E-state index is 0.00717. The Balaban J connectivity index is 1.55. The number of nitrogen functional groups attached to an aromatic ring is 1. The number of carbonyl (C=O) groups is 1. The van der Waals surface area contributed by atoms with Crippen LogP contribution in [0.5, 0.6) is 5.75 Å². The lowest BCUT2D eigenvalue weighted by Crippen LogP contribution is -2.30. The quantitative estimate of drug-likeness (QED) is 0.291. The number of nitriles is 1. The van der Waals surface area contributed by atoms with Crippen LogP contribution in [0.25, 0.3) is 26.2 Å². The molecular formula is C28H30N6O2S. The average Bonchev–Trinajstić information content (AvgIpc) is 3.57. The van der Waals surface area contributed by atoms with E-state index in [0.29, 0.717) is 18.9 Å². The number of carbonyl (C=O) groups excluding carboxylic acids is 1. The number of ether oxygens (including phenoxy) is 1. The van der Waals surface area contributed by atoms with E-state index < -0.39 is 0 Å². The first-order valence-corrected chi connectivity index (χ1v) is 13.0. The van der Waals surface area contributed by atoms with Gasteiger partial charge in [0.05, 0.1) is 16.7 Å². The van der Waals surface area contributed by atoms with Crippen LogP contribution in [0.3, 0.4) is 0 Å². The molecule has 2 N–H and O–H groups in total. The van der Waals surface area contributed by atoms with Crippen LogP contribution in [0, 0.1) is 23.7 Å². The molecule has 1 aliphatic rings. The van der Waals surface area contributed by atoms with Crippen molar-refractivity contribution in [3.8, 4) is 22.4 Å². The molecule has 1 atom stereocenters. The molecule has 1 saturated heterocycles. The fourth-order valence-electron chi connectivity index (χ4n) is 4.98. The molecular weight excluding hydrogens is 484 g/mol. The summed E-state index contributed by atoms with van der Waals surface area (Å²) in [6.45, 7) is 9.04.